The highest BCUT2D eigenvalue weighted by atomic mass is 16.5. The van der Waals surface area contributed by atoms with Crippen molar-refractivity contribution in [3.05, 3.63) is 24.3 Å². The van der Waals surface area contributed by atoms with Gasteiger partial charge in [0.2, 0.25) is 0 Å². The van der Waals surface area contributed by atoms with Crippen molar-refractivity contribution in [3.8, 4) is 0 Å². The smallest absolute Gasteiger partial charge is 0.306 e. The first-order valence-electron chi connectivity index (χ1n) is 22.1. The van der Waals surface area contributed by atoms with Crippen molar-refractivity contribution in [1.29, 1.82) is 0 Å². The molecule has 0 aliphatic heterocycles. The molecule has 0 bridgehead atoms. The van der Waals surface area contributed by atoms with Gasteiger partial charge in [-0.1, -0.05) is 143 Å². The van der Waals surface area contributed by atoms with Crippen LogP contribution in [0.1, 0.15) is 208 Å². The highest BCUT2D eigenvalue weighted by Gasteiger charge is 2.32. The van der Waals surface area contributed by atoms with Crippen LogP contribution in [0.5, 0.6) is 0 Å². The molecule has 304 valence electrons. The standard InChI is InChI=1S/C47H89N3O2/c1-9-11-13-15-19-25-31-37-48-39-33-27-21-17-23-29-35-44(52-45(51)41-46(3,4)42-47(5,6)43-50(7)8)36-30-24-18-22-28-34-40-49-38-32-26-20-16-14-12-10-2/h25-26,31-32,39-40,44H,9-24,27-30,33-38,41-43H2,1-8H3/b31-25-,32-26-,48-39?,49-40?. The number of ether oxygens (including phenoxy) is 1. The summed E-state index contributed by atoms with van der Waals surface area (Å²) in [6.07, 6.45) is 44.1. The molecule has 0 heterocycles. The number of aliphatic imine (C=N–C) groups is 2. The lowest BCUT2D eigenvalue weighted by Crippen LogP contribution is -2.34. The molecule has 0 radical (unpaired) electrons. The predicted octanol–water partition coefficient (Wildman–Crippen LogP) is 13.9. The van der Waals surface area contributed by atoms with Crippen LogP contribution in [0.2, 0.25) is 0 Å². The van der Waals surface area contributed by atoms with Crippen LogP contribution in [0.4, 0.5) is 0 Å². The first-order valence-corrected chi connectivity index (χ1v) is 22.1. The number of carbonyl (C=O) groups is 1. The largest absolute Gasteiger partial charge is 0.462 e. The molecule has 5 heteroatoms. The number of carbonyl (C=O) groups excluding carboxylic acids is 1. The Morgan fingerprint density at radius 2 is 1.00 bits per heavy atom. The topological polar surface area (TPSA) is 54.3 Å². The molecule has 0 saturated carbocycles. The molecule has 5 nitrogen and oxygen atoms in total. The highest BCUT2D eigenvalue weighted by molar-refractivity contribution is 5.70. The summed E-state index contributed by atoms with van der Waals surface area (Å²) in [7, 11) is 4.26. The summed E-state index contributed by atoms with van der Waals surface area (Å²) >= 11 is 0. The Hall–Kier alpha value is -1.75. The van der Waals surface area contributed by atoms with Crippen LogP contribution in [0.25, 0.3) is 0 Å². The molecule has 52 heavy (non-hydrogen) atoms. The van der Waals surface area contributed by atoms with E-state index in [1.807, 2.05) is 0 Å². The van der Waals surface area contributed by atoms with Crippen molar-refractivity contribution < 1.29 is 9.53 Å². The van der Waals surface area contributed by atoms with Gasteiger partial charge in [0, 0.05) is 6.54 Å². The fourth-order valence-corrected chi connectivity index (χ4v) is 7.64. The Labute approximate surface area is 325 Å². The average Bonchev–Trinajstić information content (AvgIpc) is 3.06. The number of unbranched alkanes of at least 4 members (excludes halogenated alkanes) is 18. The molecule has 0 fully saturated rings. The van der Waals surface area contributed by atoms with Crippen LogP contribution in [0.15, 0.2) is 34.3 Å². The first-order chi connectivity index (χ1) is 25.0. The quantitative estimate of drug-likeness (QED) is 0.0277. The van der Waals surface area contributed by atoms with Gasteiger partial charge in [-0.25, -0.2) is 0 Å². The zero-order chi connectivity index (χ0) is 38.6. The van der Waals surface area contributed by atoms with E-state index in [-0.39, 0.29) is 22.9 Å². The van der Waals surface area contributed by atoms with Gasteiger partial charge in [-0.3, -0.25) is 14.8 Å². The Morgan fingerprint density at radius 1 is 0.577 bits per heavy atom. The van der Waals surface area contributed by atoms with E-state index in [0.717, 1.165) is 64.6 Å². The summed E-state index contributed by atoms with van der Waals surface area (Å²) in [5.74, 6) is -0.00750. The highest BCUT2D eigenvalue weighted by Crippen LogP contribution is 2.37. The van der Waals surface area contributed by atoms with Crippen LogP contribution >= 0.6 is 0 Å². The fraction of sp³-hybridized carbons (Fsp3) is 0.851. The minimum Gasteiger partial charge on any atom is -0.462 e. The average molecular weight is 728 g/mol. The minimum absolute atomic E-state index is 0.00750. The lowest BCUT2D eigenvalue weighted by Gasteiger charge is -2.36. The van der Waals surface area contributed by atoms with Crippen molar-refractivity contribution in [2.24, 2.45) is 20.8 Å². The molecule has 0 aliphatic carbocycles. The summed E-state index contributed by atoms with van der Waals surface area (Å²) in [6, 6.07) is 0. The Morgan fingerprint density at radius 3 is 1.46 bits per heavy atom. The second-order valence-corrected chi connectivity index (χ2v) is 17.5. The second kappa shape index (κ2) is 35.0. The third-order valence-corrected chi connectivity index (χ3v) is 9.80. The van der Waals surface area contributed by atoms with Crippen LogP contribution in [-0.2, 0) is 9.53 Å². The van der Waals surface area contributed by atoms with E-state index in [9.17, 15) is 4.79 Å². The summed E-state index contributed by atoms with van der Waals surface area (Å²) in [4.78, 5) is 24.6. The first kappa shape index (κ1) is 50.2. The van der Waals surface area contributed by atoms with Crippen molar-refractivity contribution in [2.75, 3.05) is 33.7 Å². The van der Waals surface area contributed by atoms with Gasteiger partial charge in [-0.2, -0.15) is 0 Å². The van der Waals surface area contributed by atoms with Crippen molar-refractivity contribution in [3.63, 3.8) is 0 Å². The van der Waals surface area contributed by atoms with Gasteiger partial charge in [0.15, 0.2) is 0 Å². The third kappa shape index (κ3) is 36.6. The summed E-state index contributed by atoms with van der Waals surface area (Å²) in [5.41, 5.74) is 0.0718. The van der Waals surface area contributed by atoms with Gasteiger partial charge in [0.25, 0.3) is 0 Å². The van der Waals surface area contributed by atoms with Crippen LogP contribution in [-0.4, -0.2) is 63.1 Å². The molecule has 0 amide bonds. The van der Waals surface area contributed by atoms with E-state index in [4.69, 9.17) is 4.74 Å². The molecular weight excluding hydrogens is 639 g/mol. The van der Waals surface area contributed by atoms with Gasteiger partial charge < -0.3 is 9.64 Å². The van der Waals surface area contributed by atoms with Crippen LogP contribution < -0.4 is 0 Å². The SMILES string of the molecule is CCCCCC/C=C\CN=CCCCCCCCC(CCCCCCCC=NC/C=C\CCCCCC)OC(=O)CC(C)(C)CC(C)(C)CN(C)C. The second-order valence-electron chi connectivity index (χ2n) is 17.5. The van der Waals surface area contributed by atoms with E-state index >= 15 is 0 Å². The Bertz CT molecular complexity index is 870. The molecule has 0 atom stereocenters. The van der Waals surface area contributed by atoms with Crippen LogP contribution in [0.3, 0.4) is 0 Å². The molecule has 0 aromatic heterocycles. The number of allylic oxidation sites excluding steroid dienone is 2. The van der Waals surface area contributed by atoms with Crippen molar-refractivity contribution in [1.82, 2.24) is 4.90 Å². The Balaban J connectivity index is 4.50. The molecule has 0 aromatic carbocycles. The molecule has 0 aliphatic rings. The summed E-state index contributed by atoms with van der Waals surface area (Å²) < 4.78 is 6.24. The summed E-state index contributed by atoms with van der Waals surface area (Å²) in [6.45, 7) is 16.3. The maximum Gasteiger partial charge on any atom is 0.306 e. The van der Waals surface area contributed by atoms with Gasteiger partial charge in [-0.05, 0) is 121 Å². The van der Waals surface area contributed by atoms with Crippen molar-refractivity contribution in [2.45, 2.75) is 215 Å². The molecular formula is C47H89N3O2. The number of hydrogen-bond acceptors (Lipinski definition) is 5. The molecule has 0 unspecified atom stereocenters. The van der Waals surface area contributed by atoms with E-state index in [1.165, 1.54) is 116 Å². The van der Waals surface area contributed by atoms with Gasteiger partial charge in [-0.15, -0.1) is 0 Å². The third-order valence-electron chi connectivity index (χ3n) is 9.80. The van der Waals surface area contributed by atoms with E-state index in [1.54, 1.807) is 0 Å². The molecule has 0 rings (SSSR count). The van der Waals surface area contributed by atoms with Crippen molar-refractivity contribution >= 4 is 18.4 Å². The van der Waals surface area contributed by atoms with E-state index in [0.29, 0.717) is 6.42 Å². The van der Waals surface area contributed by atoms with Gasteiger partial charge in [0.05, 0.1) is 19.5 Å². The monoisotopic (exact) mass is 728 g/mol. The number of hydrogen-bond donors (Lipinski definition) is 0. The lowest BCUT2D eigenvalue weighted by molar-refractivity contribution is -0.152. The van der Waals surface area contributed by atoms with E-state index < -0.39 is 0 Å². The Kier molecular flexibility index (Phi) is 33.8. The summed E-state index contributed by atoms with van der Waals surface area (Å²) in [5, 5.41) is 0. The maximum atomic E-state index is 13.3. The van der Waals surface area contributed by atoms with E-state index in [2.05, 4.69) is 107 Å². The zero-order valence-electron chi connectivity index (χ0n) is 36.2. The number of rotatable bonds is 37. The maximum absolute atomic E-state index is 13.3. The molecule has 0 spiro atoms. The van der Waals surface area contributed by atoms with Gasteiger partial charge >= 0.3 is 5.97 Å². The molecule has 0 saturated heterocycles. The molecule has 0 N–H and O–H groups in total. The minimum atomic E-state index is -0.0805. The van der Waals surface area contributed by atoms with Gasteiger partial charge in [0.1, 0.15) is 6.10 Å². The lowest BCUT2D eigenvalue weighted by atomic mass is 9.73. The molecule has 0 aromatic rings. The number of esters is 1. The zero-order valence-corrected chi connectivity index (χ0v) is 36.2. The van der Waals surface area contributed by atoms with Crippen LogP contribution in [0, 0.1) is 10.8 Å². The number of nitrogens with zero attached hydrogens (tertiary/aromatic N) is 3. The normalized spacial score (nSPS) is 13.6. The fourth-order valence-electron chi connectivity index (χ4n) is 7.64. The predicted molar refractivity (Wildman–Crippen MR) is 232 cm³/mol.